The quantitative estimate of drug-likeness (QED) is 0.587. The van der Waals surface area contributed by atoms with Gasteiger partial charge in [-0.05, 0) is 86.5 Å². The minimum absolute atomic E-state index is 0.378. The van der Waals surface area contributed by atoms with E-state index in [1.807, 2.05) is 6.08 Å². The first-order valence-electron chi connectivity index (χ1n) is 10.1. The highest BCUT2D eigenvalue weighted by molar-refractivity contribution is 5.94. The fourth-order valence-electron chi connectivity index (χ4n) is 6.88. The van der Waals surface area contributed by atoms with Crippen molar-refractivity contribution in [2.45, 2.75) is 71.1 Å². The Balaban J connectivity index is 1.50. The van der Waals surface area contributed by atoms with Crippen LogP contribution in [-0.4, -0.2) is 5.78 Å². The fraction of sp³-hybridized carbons (Fsp3) is 0.773. The van der Waals surface area contributed by atoms with Crippen LogP contribution in [0.5, 0.6) is 0 Å². The summed E-state index contributed by atoms with van der Waals surface area (Å²) < 4.78 is 0. The first kappa shape index (κ1) is 14.5. The molecule has 5 aliphatic rings. The van der Waals surface area contributed by atoms with Gasteiger partial charge in [-0.25, -0.2) is 0 Å². The predicted octanol–water partition coefficient (Wildman–Crippen LogP) is 5.46. The molecule has 124 valence electrons. The van der Waals surface area contributed by atoms with Gasteiger partial charge in [-0.1, -0.05) is 30.6 Å². The summed E-state index contributed by atoms with van der Waals surface area (Å²) in [6.07, 6.45) is 17.8. The number of rotatable bonds is 1. The summed E-state index contributed by atoms with van der Waals surface area (Å²) in [5.74, 6) is 4.60. The van der Waals surface area contributed by atoms with Gasteiger partial charge in [0.25, 0.3) is 0 Å². The zero-order valence-electron chi connectivity index (χ0n) is 14.5. The average molecular weight is 310 g/mol. The van der Waals surface area contributed by atoms with Crippen molar-refractivity contribution in [2.24, 2.45) is 35.0 Å². The number of hydrogen-bond donors (Lipinski definition) is 0. The molecule has 0 aliphatic heterocycles. The lowest BCUT2D eigenvalue weighted by Crippen LogP contribution is -2.45. The molecular formula is C22H30O. The van der Waals surface area contributed by atoms with E-state index in [4.69, 9.17) is 0 Å². The van der Waals surface area contributed by atoms with E-state index in [9.17, 15) is 4.79 Å². The van der Waals surface area contributed by atoms with E-state index >= 15 is 0 Å². The molecule has 23 heavy (non-hydrogen) atoms. The van der Waals surface area contributed by atoms with Crippen LogP contribution in [0.1, 0.15) is 71.1 Å². The Labute approximate surface area is 140 Å². The lowest BCUT2D eigenvalue weighted by molar-refractivity contribution is -0.114. The molecule has 0 bridgehead atoms. The molecule has 0 aromatic heterocycles. The maximum absolute atomic E-state index is 12.2. The van der Waals surface area contributed by atoms with Crippen molar-refractivity contribution >= 4 is 5.78 Å². The summed E-state index contributed by atoms with van der Waals surface area (Å²) in [7, 11) is 0. The van der Waals surface area contributed by atoms with Crippen LogP contribution in [0.2, 0.25) is 0 Å². The van der Waals surface area contributed by atoms with E-state index in [1.165, 1.54) is 68.9 Å². The molecule has 0 N–H and O–H groups in total. The zero-order valence-corrected chi connectivity index (χ0v) is 14.5. The molecule has 5 aliphatic carbocycles. The van der Waals surface area contributed by atoms with Crippen LogP contribution < -0.4 is 0 Å². The smallest absolute Gasteiger partial charge is 0.159 e. The van der Waals surface area contributed by atoms with Crippen molar-refractivity contribution in [2.75, 3.05) is 0 Å². The molecule has 0 aromatic rings. The number of fused-ring (bicyclic) bond motifs is 5. The van der Waals surface area contributed by atoms with Crippen molar-refractivity contribution in [1.82, 2.24) is 0 Å². The highest BCUT2D eigenvalue weighted by Gasteiger charge is 2.53. The highest BCUT2D eigenvalue weighted by Crippen LogP contribution is 2.62. The third kappa shape index (κ3) is 2.29. The maximum Gasteiger partial charge on any atom is 0.159 e. The molecule has 0 aromatic carbocycles. The second-order valence-electron chi connectivity index (χ2n) is 9.48. The Morgan fingerprint density at radius 1 is 1.09 bits per heavy atom. The molecule has 4 fully saturated rings. The van der Waals surface area contributed by atoms with Crippen LogP contribution in [-0.2, 0) is 4.79 Å². The van der Waals surface area contributed by atoms with E-state index in [0.717, 1.165) is 30.1 Å². The van der Waals surface area contributed by atoms with Gasteiger partial charge in [0.2, 0.25) is 0 Å². The van der Waals surface area contributed by atoms with E-state index in [2.05, 4.69) is 13.0 Å². The standard InChI is InChI=1S/C22H30O/c1-22-9-2-3-20(22)18-7-6-15-12-17(23)13-16(11-14-4-5-14)21(15)19(18)8-10-22/h11-12,14,18-21H,2-10,13H2,1H3/b16-11+/t18-,19+,20+,21-,22+/m1/s1. The Bertz CT molecular complexity index is 593. The summed E-state index contributed by atoms with van der Waals surface area (Å²) in [5, 5.41) is 0. The number of carbonyl (C=O) groups excluding carboxylic acids is 1. The van der Waals surface area contributed by atoms with Gasteiger partial charge in [-0.2, -0.15) is 0 Å². The Morgan fingerprint density at radius 2 is 1.96 bits per heavy atom. The van der Waals surface area contributed by atoms with Crippen LogP contribution in [0.4, 0.5) is 0 Å². The van der Waals surface area contributed by atoms with Crippen molar-refractivity contribution < 1.29 is 4.79 Å². The van der Waals surface area contributed by atoms with Crippen LogP contribution in [0.25, 0.3) is 0 Å². The molecule has 0 amide bonds. The van der Waals surface area contributed by atoms with Gasteiger partial charge in [0.1, 0.15) is 0 Å². The number of carbonyl (C=O) groups is 1. The molecular weight excluding hydrogens is 280 g/mol. The largest absolute Gasteiger partial charge is 0.295 e. The molecule has 5 rings (SSSR count). The molecule has 0 saturated heterocycles. The average Bonchev–Trinajstić information content (AvgIpc) is 3.24. The first-order valence-corrected chi connectivity index (χ1v) is 10.1. The van der Waals surface area contributed by atoms with E-state index in [-0.39, 0.29) is 0 Å². The van der Waals surface area contributed by atoms with Crippen molar-refractivity contribution in [1.29, 1.82) is 0 Å². The molecule has 1 heteroatoms. The summed E-state index contributed by atoms with van der Waals surface area (Å²) in [5.41, 5.74) is 3.69. The van der Waals surface area contributed by atoms with Gasteiger partial charge < -0.3 is 0 Å². The zero-order chi connectivity index (χ0) is 15.6. The first-order chi connectivity index (χ1) is 11.1. The van der Waals surface area contributed by atoms with E-state index < -0.39 is 0 Å². The number of hydrogen-bond acceptors (Lipinski definition) is 1. The second-order valence-corrected chi connectivity index (χ2v) is 9.48. The summed E-state index contributed by atoms with van der Waals surface area (Å²) in [4.78, 5) is 12.2. The number of ketones is 1. The minimum Gasteiger partial charge on any atom is -0.295 e. The SMILES string of the molecule is C[C@@]12CCC[C@H]1[C@@H]1CCC3=CC(=O)C/C(=C\C4CC4)[C@@H]3[C@H]1CC2. The topological polar surface area (TPSA) is 17.1 Å². The Kier molecular flexibility index (Phi) is 3.19. The fourth-order valence-corrected chi connectivity index (χ4v) is 6.88. The third-order valence-electron chi connectivity index (χ3n) is 8.06. The summed E-state index contributed by atoms with van der Waals surface area (Å²) in [6, 6.07) is 0. The molecule has 0 radical (unpaired) electrons. The van der Waals surface area contributed by atoms with Crippen molar-refractivity contribution in [3.05, 3.63) is 23.3 Å². The minimum atomic E-state index is 0.378. The van der Waals surface area contributed by atoms with Gasteiger partial charge in [-0.15, -0.1) is 0 Å². The summed E-state index contributed by atoms with van der Waals surface area (Å²) >= 11 is 0. The van der Waals surface area contributed by atoms with E-state index in [1.54, 1.807) is 0 Å². The lowest BCUT2D eigenvalue weighted by atomic mass is 9.52. The Morgan fingerprint density at radius 3 is 2.78 bits per heavy atom. The molecule has 4 saturated carbocycles. The monoisotopic (exact) mass is 310 g/mol. The van der Waals surface area contributed by atoms with Gasteiger partial charge in [0.05, 0.1) is 0 Å². The van der Waals surface area contributed by atoms with Crippen molar-refractivity contribution in [3.63, 3.8) is 0 Å². The van der Waals surface area contributed by atoms with Crippen LogP contribution >= 0.6 is 0 Å². The molecule has 0 heterocycles. The summed E-state index contributed by atoms with van der Waals surface area (Å²) in [6.45, 7) is 2.58. The Hall–Kier alpha value is -0.850. The molecule has 5 atom stereocenters. The van der Waals surface area contributed by atoms with E-state index in [0.29, 0.717) is 17.1 Å². The third-order valence-corrected chi connectivity index (χ3v) is 8.06. The molecule has 1 nitrogen and oxygen atoms in total. The van der Waals surface area contributed by atoms with Gasteiger partial charge in [0.15, 0.2) is 5.78 Å². The van der Waals surface area contributed by atoms with Crippen molar-refractivity contribution in [3.8, 4) is 0 Å². The molecule has 0 unspecified atom stereocenters. The van der Waals surface area contributed by atoms with Gasteiger partial charge in [-0.3, -0.25) is 4.79 Å². The second kappa shape index (κ2) is 5.07. The van der Waals surface area contributed by atoms with Crippen LogP contribution in [0.3, 0.4) is 0 Å². The highest BCUT2D eigenvalue weighted by atomic mass is 16.1. The lowest BCUT2D eigenvalue weighted by Gasteiger charge is -2.53. The van der Waals surface area contributed by atoms with Gasteiger partial charge in [0, 0.05) is 12.3 Å². The van der Waals surface area contributed by atoms with Gasteiger partial charge >= 0.3 is 0 Å². The molecule has 0 spiro atoms. The normalized spacial score (nSPS) is 47.8. The van der Waals surface area contributed by atoms with Crippen LogP contribution in [0.15, 0.2) is 23.3 Å². The maximum atomic E-state index is 12.2. The van der Waals surface area contributed by atoms with Crippen LogP contribution in [0, 0.1) is 35.0 Å². The predicted molar refractivity (Wildman–Crippen MR) is 92.9 cm³/mol. The number of allylic oxidation sites excluding steroid dienone is 3.